The molecule has 4 nitrogen and oxygen atoms in total. The van der Waals surface area contributed by atoms with Gasteiger partial charge >= 0.3 is 0 Å². The summed E-state index contributed by atoms with van der Waals surface area (Å²) >= 11 is 1.78. The van der Waals surface area contributed by atoms with Crippen LogP contribution in [0.2, 0.25) is 0 Å². The molecule has 0 aliphatic carbocycles. The molecule has 2 rings (SSSR count). The van der Waals surface area contributed by atoms with Crippen LogP contribution in [0.5, 0.6) is 0 Å². The summed E-state index contributed by atoms with van der Waals surface area (Å²) < 4.78 is 0. The van der Waals surface area contributed by atoms with E-state index >= 15 is 0 Å². The Morgan fingerprint density at radius 3 is 2.94 bits per heavy atom. The molecule has 0 saturated carbocycles. The van der Waals surface area contributed by atoms with Crippen LogP contribution in [0.4, 0.5) is 5.13 Å². The monoisotopic (exact) mass is 269 g/mol. The van der Waals surface area contributed by atoms with Gasteiger partial charge < -0.3 is 10.0 Å². The third-order valence-electron chi connectivity index (χ3n) is 3.64. The van der Waals surface area contributed by atoms with E-state index in [2.05, 4.69) is 28.6 Å². The molecule has 5 heteroatoms. The number of rotatable bonds is 6. The van der Waals surface area contributed by atoms with Crippen molar-refractivity contribution in [1.29, 1.82) is 0 Å². The van der Waals surface area contributed by atoms with E-state index in [1.165, 1.54) is 11.3 Å². The minimum atomic E-state index is 0.279. The van der Waals surface area contributed by atoms with Gasteiger partial charge in [-0.15, -0.1) is 11.3 Å². The molecular weight excluding hydrogens is 246 g/mol. The SMILES string of the molecule is CCN(CC)c1ncc(CN2CCC[C@@H]2CO)s1. The highest BCUT2D eigenvalue weighted by Crippen LogP contribution is 2.26. The minimum absolute atomic E-state index is 0.279. The van der Waals surface area contributed by atoms with Crippen LogP contribution in [0.3, 0.4) is 0 Å². The standard InChI is InChI=1S/C13H23N3OS/c1-3-15(4-2)13-14-8-12(18-13)9-16-7-5-6-11(16)10-17/h8,11,17H,3-7,9-10H2,1-2H3/t11-/m1/s1. The smallest absolute Gasteiger partial charge is 0.185 e. The van der Waals surface area contributed by atoms with E-state index in [0.29, 0.717) is 6.04 Å². The lowest BCUT2D eigenvalue weighted by Gasteiger charge is -2.21. The van der Waals surface area contributed by atoms with Gasteiger partial charge in [0.2, 0.25) is 0 Å². The predicted molar refractivity (Wildman–Crippen MR) is 76.2 cm³/mol. The van der Waals surface area contributed by atoms with Crippen LogP contribution in [-0.4, -0.2) is 47.3 Å². The molecule has 0 amide bonds. The predicted octanol–water partition coefficient (Wildman–Crippen LogP) is 1.95. The molecule has 1 N–H and O–H groups in total. The first-order valence-corrected chi connectivity index (χ1v) is 7.64. The Balaban J connectivity index is 1.98. The molecule has 1 atom stereocenters. The number of hydrogen-bond acceptors (Lipinski definition) is 5. The van der Waals surface area contributed by atoms with Gasteiger partial charge in [-0.25, -0.2) is 4.98 Å². The fourth-order valence-corrected chi connectivity index (χ4v) is 3.58. The summed E-state index contributed by atoms with van der Waals surface area (Å²) in [6.07, 6.45) is 4.32. The minimum Gasteiger partial charge on any atom is -0.395 e. The fourth-order valence-electron chi connectivity index (χ4n) is 2.52. The van der Waals surface area contributed by atoms with Gasteiger partial charge in [-0.1, -0.05) is 0 Å². The van der Waals surface area contributed by atoms with E-state index in [1.54, 1.807) is 11.3 Å². The molecule has 1 aromatic rings. The molecule has 0 spiro atoms. The van der Waals surface area contributed by atoms with E-state index < -0.39 is 0 Å². The molecule has 2 heterocycles. The van der Waals surface area contributed by atoms with Gasteiger partial charge in [-0.3, -0.25) is 4.90 Å². The quantitative estimate of drug-likeness (QED) is 0.857. The van der Waals surface area contributed by atoms with Crippen LogP contribution >= 0.6 is 11.3 Å². The van der Waals surface area contributed by atoms with Crippen LogP contribution in [0.25, 0.3) is 0 Å². The van der Waals surface area contributed by atoms with Gasteiger partial charge in [0.15, 0.2) is 5.13 Å². The van der Waals surface area contributed by atoms with Crippen molar-refractivity contribution in [3.8, 4) is 0 Å². The molecule has 1 fully saturated rings. The topological polar surface area (TPSA) is 39.6 Å². The van der Waals surface area contributed by atoms with Crippen molar-refractivity contribution >= 4 is 16.5 Å². The summed E-state index contributed by atoms with van der Waals surface area (Å²) in [7, 11) is 0. The molecule has 1 aliphatic heterocycles. The Morgan fingerprint density at radius 1 is 1.50 bits per heavy atom. The molecule has 1 aliphatic rings. The highest BCUT2D eigenvalue weighted by molar-refractivity contribution is 7.15. The van der Waals surface area contributed by atoms with Crippen molar-refractivity contribution in [2.45, 2.75) is 39.3 Å². The maximum Gasteiger partial charge on any atom is 0.185 e. The summed E-state index contributed by atoms with van der Waals surface area (Å²) in [4.78, 5) is 10.5. The van der Waals surface area contributed by atoms with Gasteiger partial charge in [0.1, 0.15) is 0 Å². The van der Waals surface area contributed by atoms with Crippen molar-refractivity contribution in [2.75, 3.05) is 31.1 Å². The molecule has 1 saturated heterocycles. The Kier molecular flexibility index (Phi) is 4.97. The molecule has 0 unspecified atom stereocenters. The van der Waals surface area contributed by atoms with Gasteiger partial charge in [0.05, 0.1) is 6.61 Å². The van der Waals surface area contributed by atoms with E-state index in [4.69, 9.17) is 0 Å². The lowest BCUT2D eigenvalue weighted by molar-refractivity contribution is 0.154. The zero-order valence-electron chi connectivity index (χ0n) is 11.3. The van der Waals surface area contributed by atoms with Gasteiger partial charge in [-0.05, 0) is 33.2 Å². The van der Waals surface area contributed by atoms with Gasteiger partial charge in [0.25, 0.3) is 0 Å². The lowest BCUT2D eigenvalue weighted by Crippen LogP contribution is -2.31. The highest BCUT2D eigenvalue weighted by Gasteiger charge is 2.24. The normalized spacial score (nSPS) is 20.5. The zero-order valence-corrected chi connectivity index (χ0v) is 12.1. The third-order valence-corrected chi connectivity index (χ3v) is 4.69. The second-order valence-corrected chi connectivity index (χ2v) is 5.82. The molecular formula is C13H23N3OS. The first-order valence-electron chi connectivity index (χ1n) is 6.83. The number of aliphatic hydroxyl groups is 1. The van der Waals surface area contributed by atoms with Crippen molar-refractivity contribution in [3.05, 3.63) is 11.1 Å². The summed E-state index contributed by atoms with van der Waals surface area (Å²) in [6, 6.07) is 0.351. The summed E-state index contributed by atoms with van der Waals surface area (Å²) in [5.41, 5.74) is 0. The van der Waals surface area contributed by atoms with E-state index in [-0.39, 0.29) is 6.61 Å². The van der Waals surface area contributed by atoms with E-state index in [0.717, 1.165) is 37.7 Å². The Hall–Kier alpha value is -0.650. The van der Waals surface area contributed by atoms with E-state index in [9.17, 15) is 5.11 Å². The van der Waals surface area contributed by atoms with Crippen LogP contribution in [0.15, 0.2) is 6.20 Å². The Morgan fingerprint density at radius 2 is 2.28 bits per heavy atom. The first kappa shape index (κ1) is 13.8. The molecule has 0 aromatic carbocycles. The molecule has 0 radical (unpaired) electrons. The van der Waals surface area contributed by atoms with Crippen molar-refractivity contribution in [1.82, 2.24) is 9.88 Å². The van der Waals surface area contributed by atoms with Crippen LogP contribution in [0, 0.1) is 0 Å². The average molecular weight is 269 g/mol. The number of aromatic nitrogens is 1. The number of likely N-dealkylation sites (tertiary alicyclic amines) is 1. The number of thiazole rings is 1. The van der Waals surface area contributed by atoms with Crippen molar-refractivity contribution < 1.29 is 5.11 Å². The largest absolute Gasteiger partial charge is 0.395 e. The summed E-state index contributed by atoms with van der Waals surface area (Å²) in [6.45, 7) is 8.65. The van der Waals surface area contributed by atoms with Crippen LogP contribution in [0.1, 0.15) is 31.6 Å². The summed E-state index contributed by atoms with van der Waals surface area (Å²) in [5.74, 6) is 0. The van der Waals surface area contributed by atoms with Crippen molar-refractivity contribution in [3.63, 3.8) is 0 Å². The number of anilines is 1. The Labute approximate surface area is 113 Å². The molecule has 18 heavy (non-hydrogen) atoms. The van der Waals surface area contributed by atoms with Crippen LogP contribution in [-0.2, 0) is 6.54 Å². The van der Waals surface area contributed by atoms with Crippen molar-refractivity contribution in [2.24, 2.45) is 0 Å². The average Bonchev–Trinajstić information content (AvgIpc) is 3.01. The molecule has 0 bridgehead atoms. The molecule has 102 valence electrons. The highest BCUT2D eigenvalue weighted by atomic mass is 32.1. The lowest BCUT2D eigenvalue weighted by atomic mass is 10.2. The first-order chi connectivity index (χ1) is 8.78. The maximum absolute atomic E-state index is 9.32. The Bertz CT molecular complexity index is 365. The van der Waals surface area contributed by atoms with E-state index in [1.807, 2.05) is 6.20 Å². The molecule has 1 aromatic heterocycles. The number of nitrogens with zero attached hydrogens (tertiary/aromatic N) is 3. The zero-order chi connectivity index (χ0) is 13.0. The van der Waals surface area contributed by atoms with Gasteiger partial charge in [0, 0.05) is 36.8 Å². The van der Waals surface area contributed by atoms with Gasteiger partial charge in [-0.2, -0.15) is 0 Å². The second kappa shape index (κ2) is 6.50. The second-order valence-electron chi connectivity index (χ2n) is 4.73. The summed E-state index contributed by atoms with van der Waals surface area (Å²) in [5, 5.41) is 10.4. The van der Waals surface area contributed by atoms with Crippen LogP contribution < -0.4 is 4.90 Å². The number of aliphatic hydroxyl groups excluding tert-OH is 1. The fraction of sp³-hybridized carbons (Fsp3) is 0.769. The number of hydrogen-bond donors (Lipinski definition) is 1. The third kappa shape index (κ3) is 3.02. The maximum atomic E-state index is 9.32.